The smallest absolute Gasteiger partial charge is 0.266 e. The number of nitrogens with zero attached hydrogens (tertiary/aromatic N) is 5. The number of sulfonamides is 1. The summed E-state index contributed by atoms with van der Waals surface area (Å²) in [5, 5.41) is 8.11. The number of aromatic nitrogens is 5. The molecule has 3 rings (SSSR count). The first-order valence-corrected chi connectivity index (χ1v) is 7.94. The molecule has 0 spiro atoms. The summed E-state index contributed by atoms with van der Waals surface area (Å²) in [6.45, 7) is 1.68. The van der Waals surface area contributed by atoms with Crippen LogP contribution in [-0.4, -0.2) is 33.0 Å². The van der Waals surface area contributed by atoms with Crippen LogP contribution in [0.25, 0.3) is 5.82 Å². The molecular formula is C13H14N6O2S. The highest BCUT2D eigenvalue weighted by Gasteiger charge is 2.22. The van der Waals surface area contributed by atoms with Crippen molar-refractivity contribution in [1.82, 2.24) is 24.5 Å². The summed E-state index contributed by atoms with van der Waals surface area (Å²) in [5.74, 6) is 0.812. The fourth-order valence-corrected chi connectivity index (χ4v) is 3.19. The highest BCUT2D eigenvalue weighted by molar-refractivity contribution is 7.92. The van der Waals surface area contributed by atoms with E-state index < -0.39 is 10.0 Å². The maximum absolute atomic E-state index is 12.4. The summed E-state index contributed by atoms with van der Waals surface area (Å²) in [4.78, 5) is 4.25. The van der Waals surface area contributed by atoms with Crippen LogP contribution in [0.1, 0.15) is 5.69 Å². The van der Waals surface area contributed by atoms with Gasteiger partial charge in [-0.3, -0.25) is 9.40 Å². The second kappa shape index (κ2) is 5.26. The second-order valence-corrected chi connectivity index (χ2v) is 6.32. The van der Waals surface area contributed by atoms with E-state index in [4.69, 9.17) is 0 Å². The van der Waals surface area contributed by atoms with E-state index in [-0.39, 0.29) is 10.7 Å². The van der Waals surface area contributed by atoms with E-state index in [1.54, 1.807) is 44.6 Å². The van der Waals surface area contributed by atoms with Crippen LogP contribution in [0.4, 0.5) is 5.82 Å². The Morgan fingerprint density at radius 3 is 2.68 bits per heavy atom. The normalized spacial score (nSPS) is 11.5. The summed E-state index contributed by atoms with van der Waals surface area (Å²) in [6.07, 6.45) is 4.58. The zero-order chi connectivity index (χ0) is 15.7. The van der Waals surface area contributed by atoms with E-state index in [0.29, 0.717) is 11.5 Å². The van der Waals surface area contributed by atoms with Crippen LogP contribution in [0.2, 0.25) is 0 Å². The lowest BCUT2D eigenvalue weighted by Crippen LogP contribution is -2.14. The van der Waals surface area contributed by atoms with Gasteiger partial charge in [-0.15, -0.1) is 0 Å². The molecule has 3 aromatic rings. The third-order valence-electron chi connectivity index (χ3n) is 3.07. The predicted octanol–water partition coefficient (Wildman–Crippen LogP) is 1.11. The van der Waals surface area contributed by atoms with Gasteiger partial charge in [0.05, 0.1) is 11.9 Å². The molecule has 114 valence electrons. The monoisotopic (exact) mass is 318 g/mol. The van der Waals surface area contributed by atoms with E-state index >= 15 is 0 Å². The number of nitrogens with one attached hydrogen (secondary N) is 1. The number of anilines is 1. The minimum atomic E-state index is -3.75. The molecule has 0 unspecified atom stereocenters. The molecule has 0 aliphatic rings. The number of hydrogen-bond acceptors (Lipinski definition) is 5. The van der Waals surface area contributed by atoms with Gasteiger partial charge in [0.1, 0.15) is 4.90 Å². The maximum Gasteiger partial charge on any atom is 0.266 e. The number of pyridine rings is 1. The molecule has 8 nitrogen and oxygen atoms in total. The topological polar surface area (TPSA) is 94.7 Å². The zero-order valence-corrected chi connectivity index (χ0v) is 12.8. The lowest BCUT2D eigenvalue weighted by molar-refractivity contribution is 0.600. The number of aryl methyl sites for hydroxylation is 1. The van der Waals surface area contributed by atoms with Gasteiger partial charge in [0.25, 0.3) is 10.0 Å². The molecule has 3 heterocycles. The molecule has 0 amide bonds. The van der Waals surface area contributed by atoms with Gasteiger partial charge in [-0.25, -0.2) is 18.1 Å². The van der Waals surface area contributed by atoms with Crippen molar-refractivity contribution >= 4 is 15.8 Å². The molecule has 0 radical (unpaired) electrons. The van der Waals surface area contributed by atoms with Crippen molar-refractivity contribution in [2.45, 2.75) is 11.8 Å². The number of rotatable bonds is 4. The van der Waals surface area contributed by atoms with Crippen molar-refractivity contribution in [3.8, 4) is 5.82 Å². The van der Waals surface area contributed by atoms with Gasteiger partial charge in [-0.05, 0) is 19.1 Å². The predicted molar refractivity (Wildman–Crippen MR) is 80.1 cm³/mol. The SMILES string of the molecule is Cc1c(S(=O)(=O)Nc2ccn(C)n2)cnn1-c1ccccn1. The lowest BCUT2D eigenvalue weighted by Gasteiger charge is -2.06. The lowest BCUT2D eigenvalue weighted by atomic mass is 10.4. The van der Waals surface area contributed by atoms with E-state index in [2.05, 4.69) is 19.9 Å². The third-order valence-corrected chi connectivity index (χ3v) is 4.53. The fraction of sp³-hybridized carbons (Fsp3) is 0.154. The Labute approximate surface area is 127 Å². The Kier molecular flexibility index (Phi) is 3.41. The second-order valence-electron chi connectivity index (χ2n) is 4.67. The molecule has 0 aromatic carbocycles. The van der Waals surface area contributed by atoms with Gasteiger partial charge in [0, 0.05) is 25.5 Å². The summed E-state index contributed by atoms with van der Waals surface area (Å²) < 4.78 is 30.3. The molecule has 0 atom stereocenters. The van der Waals surface area contributed by atoms with Crippen LogP contribution < -0.4 is 4.72 Å². The highest BCUT2D eigenvalue weighted by atomic mass is 32.2. The van der Waals surface area contributed by atoms with Gasteiger partial charge in [0.15, 0.2) is 11.6 Å². The highest BCUT2D eigenvalue weighted by Crippen LogP contribution is 2.19. The molecule has 22 heavy (non-hydrogen) atoms. The largest absolute Gasteiger partial charge is 0.274 e. The Morgan fingerprint density at radius 1 is 1.23 bits per heavy atom. The van der Waals surface area contributed by atoms with Crippen molar-refractivity contribution in [2.75, 3.05) is 4.72 Å². The average Bonchev–Trinajstić information content (AvgIpc) is 3.06. The molecule has 0 saturated heterocycles. The molecular weight excluding hydrogens is 304 g/mol. The van der Waals surface area contributed by atoms with E-state index in [1.807, 2.05) is 6.07 Å². The third kappa shape index (κ3) is 2.58. The van der Waals surface area contributed by atoms with E-state index in [1.165, 1.54) is 15.6 Å². The van der Waals surface area contributed by atoms with E-state index in [0.717, 1.165) is 0 Å². The van der Waals surface area contributed by atoms with Crippen molar-refractivity contribution in [1.29, 1.82) is 0 Å². The number of hydrogen-bond donors (Lipinski definition) is 1. The minimum absolute atomic E-state index is 0.0869. The van der Waals surface area contributed by atoms with Crippen molar-refractivity contribution in [3.63, 3.8) is 0 Å². The van der Waals surface area contributed by atoms with Crippen LogP contribution in [0.3, 0.4) is 0 Å². The zero-order valence-electron chi connectivity index (χ0n) is 12.0. The van der Waals surface area contributed by atoms with Crippen molar-refractivity contribution in [3.05, 3.63) is 48.5 Å². The van der Waals surface area contributed by atoms with Crippen LogP contribution in [-0.2, 0) is 17.1 Å². The molecule has 0 saturated carbocycles. The summed E-state index contributed by atoms with van der Waals surface area (Å²) in [5.41, 5.74) is 0.474. The summed E-state index contributed by atoms with van der Waals surface area (Å²) in [6, 6.07) is 6.92. The minimum Gasteiger partial charge on any atom is -0.274 e. The first-order valence-electron chi connectivity index (χ1n) is 6.46. The summed E-state index contributed by atoms with van der Waals surface area (Å²) in [7, 11) is -2.04. The Morgan fingerprint density at radius 2 is 2.05 bits per heavy atom. The van der Waals surface area contributed by atoms with Crippen LogP contribution in [0.5, 0.6) is 0 Å². The van der Waals surface area contributed by atoms with Gasteiger partial charge < -0.3 is 0 Å². The standard InChI is InChI=1S/C13H14N6O2S/c1-10-11(9-15-19(10)13-5-3-4-7-14-13)22(20,21)17-12-6-8-18(2)16-12/h3-9H,1-2H3,(H,16,17). The van der Waals surface area contributed by atoms with Gasteiger partial charge in [-0.2, -0.15) is 10.2 Å². The molecule has 0 fully saturated rings. The van der Waals surface area contributed by atoms with Crippen LogP contribution >= 0.6 is 0 Å². The summed E-state index contributed by atoms with van der Waals surface area (Å²) >= 11 is 0. The fourth-order valence-electron chi connectivity index (χ4n) is 2.03. The Hall–Kier alpha value is -2.68. The molecule has 0 bridgehead atoms. The Bertz CT molecular complexity index is 898. The molecule has 0 aliphatic carbocycles. The molecule has 1 N–H and O–H groups in total. The quantitative estimate of drug-likeness (QED) is 0.777. The van der Waals surface area contributed by atoms with Crippen molar-refractivity contribution < 1.29 is 8.42 Å². The Balaban J connectivity index is 1.97. The maximum atomic E-state index is 12.4. The van der Waals surface area contributed by atoms with Crippen molar-refractivity contribution in [2.24, 2.45) is 7.05 Å². The van der Waals surface area contributed by atoms with E-state index in [9.17, 15) is 8.42 Å². The van der Waals surface area contributed by atoms with Gasteiger partial charge in [-0.1, -0.05) is 6.07 Å². The van der Waals surface area contributed by atoms with Gasteiger partial charge in [0.2, 0.25) is 0 Å². The first kappa shape index (κ1) is 14.3. The molecule has 0 aliphatic heterocycles. The first-order chi connectivity index (χ1) is 10.5. The molecule has 9 heteroatoms. The molecule has 3 aromatic heterocycles. The average molecular weight is 318 g/mol. The van der Waals surface area contributed by atoms with Crippen LogP contribution in [0.15, 0.2) is 47.8 Å². The van der Waals surface area contributed by atoms with Crippen LogP contribution in [0, 0.1) is 6.92 Å². The van der Waals surface area contributed by atoms with Gasteiger partial charge >= 0.3 is 0 Å².